The maximum Gasteiger partial charge on any atom is 0.275 e. The van der Waals surface area contributed by atoms with E-state index in [-0.39, 0.29) is 11.6 Å². The molecule has 7 heteroatoms. The van der Waals surface area contributed by atoms with Crippen LogP contribution in [0.4, 0.5) is 11.5 Å². The Morgan fingerprint density at radius 2 is 2.12 bits per heavy atom. The summed E-state index contributed by atoms with van der Waals surface area (Å²) in [6.07, 6.45) is 4.57. The maximum absolute atomic E-state index is 12.2. The quantitative estimate of drug-likeness (QED) is 0.692. The number of halogens is 1. The number of nitrogens with one attached hydrogen (secondary N) is 2. The van der Waals surface area contributed by atoms with Crippen LogP contribution in [0, 0.1) is 6.92 Å². The van der Waals surface area contributed by atoms with Gasteiger partial charge in [-0.3, -0.25) is 4.79 Å². The highest BCUT2D eigenvalue weighted by atomic mass is 79.9. The molecule has 0 radical (unpaired) electrons. The minimum Gasteiger partial charge on any atom is -0.467 e. The molecule has 1 aromatic carbocycles. The first-order valence-corrected chi connectivity index (χ1v) is 8.07. The van der Waals surface area contributed by atoms with Gasteiger partial charge in [-0.25, -0.2) is 9.97 Å². The minimum absolute atomic E-state index is 0.249. The summed E-state index contributed by atoms with van der Waals surface area (Å²) in [5, 5.41) is 5.87. The summed E-state index contributed by atoms with van der Waals surface area (Å²) >= 11 is 3.43. The fourth-order valence-electron chi connectivity index (χ4n) is 2.04. The van der Waals surface area contributed by atoms with Crippen LogP contribution in [0.1, 0.15) is 21.8 Å². The van der Waals surface area contributed by atoms with Crippen LogP contribution in [0.5, 0.6) is 0 Å². The van der Waals surface area contributed by atoms with Crippen molar-refractivity contribution in [2.45, 2.75) is 13.5 Å². The highest BCUT2D eigenvalue weighted by molar-refractivity contribution is 9.10. The van der Waals surface area contributed by atoms with Crippen LogP contribution >= 0.6 is 15.9 Å². The van der Waals surface area contributed by atoms with Gasteiger partial charge < -0.3 is 15.1 Å². The number of aromatic nitrogens is 2. The van der Waals surface area contributed by atoms with Crippen molar-refractivity contribution >= 4 is 33.3 Å². The Bertz CT molecular complexity index is 832. The van der Waals surface area contributed by atoms with Crippen LogP contribution < -0.4 is 10.6 Å². The van der Waals surface area contributed by atoms with Gasteiger partial charge in [-0.1, -0.05) is 15.9 Å². The monoisotopic (exact) mass is 386 g/mol. The van der Waals surface area contributed by atoms with E-state index in [1.165, 1.54) is 12.4 Å². The molecule has 0 saturated carbocycles. The zero-order chi connectivity index (χ0) is 16.9. The molecular weight excluding hydrogens is 372 g/mol. The predicted molar refractivity (Wildman–Crippen MR) is 94.9 cm³/mol. The Balaban J connectivity index is 1.61. The van der Waals surface area contributed by atoms with Crippen molar-refractivity contribution in [3.63, 3.8) is 0 Å². The van der Waals surface area contributed by atoms with Gasteiger partial charge in [0.15, 0.2) is 0 Å². The Morgan fingerprint density at radius 3 is 2.79 bits per heavy atom. The molecule has 0 spiro atoms. The molecule has 3 aromatic rings. The summed E-state index contributed by atoms with van der Waals surface area (Å²) in [7, 11) is 0. The standard InChI is InChI=1S/C17H15BrN4O2/c1-11-7-12(4-5-14(11)18)22-17(23)15-9-21-16(10-19-15)20-8-13-3-2-6-24-13/h2-7,9-10H,8H2,1H3,(H,20,21)(H,22,23). The SMILES string of the molecule is Cc1cc(NC(=O)c2cnc(NCc3ccco3)cn2)ccc1Br. The van der Waals surface area contributed by atoms with Crippen LogP contribution in [-0.2, 0) is 6.54 Å². The van der Waals surface area contributed by atoms with Crippen molar-refractivity contribution in [1.29, 1.82) is 0 Å². The lowest BCUT2D eigenvalue weighted by molar-refractivity contribution is 0.102. The molecular formula is C17H15BrN4O2. The van der Waals surface area contributed by atoms with Gasteiger partial charge in [0.1, 0.15) is 17.3 Å². The molecule has 2 aromatic heterocycles. The van der Waals surface area contributed by atoms with Crippen molar-refractivity contribution in [2.75, 3.05) is 10.6 Å². The lowest BCUT2D eigenvalue weighted by Gasteiger charge is -2.07. The molecule has 0 aliphatic rings. The zero-order valence-electron chi connectivity index (χ0n) is 12.9. The van der Waals surface area contributed by atoms with E-state index < -0.39 is 0 Å². The first kappa shape index (κ1) is 16.2. The molecule has 6 nitrogen and oxygen atoms in total. The minimum atomic E-state index is -0.304. The lowest BCUT2D eigenvalue weighted by atomic mass is 10.2. The van der Waals surface area contributed by atoms with Crippen molar-refractivity contribution < 1.29 is 9.21 Å². The fraction of sp³-hybridized carbons (Fsp3) is 0.118. The number of furan rings is 1. The number of amides is 1. The van der Waals surface area contributed by atoms with Crippen molar-refractivity contribution in [3.05, 3.63) is 70.5 Å². The highest BCUT2D eigenvalue weighted by Crippen LogP contribution is 2.20. The van der Waals surface area contributed by atoms with E-state index in [1.54, 1.807) is 6.26 Å². The van der Waals surface area contributed by atoms with Gasteiger partial charge in [0.25, 0.3) is 5.91 Å². The van der Waals surface area contributed by atoms with Crippen LogP contribution in [0.2, 0.25) is 0 Å². The number of carbonyl (C=O) groups is 1. The Hall–Kier alpha value is -2.67. The van der Waals surface area contributed by atoms with Gasteiger partial charge in [0.2, 0.25) is 0 Å². The van der Waals surface area contributed by atoms with Gasteiger partial charge in [-0.15, -0.1) is 0 Å². The van der Waals surface area contributed by atoms with Gasteiger partial charge in [-0.2, -0.15) is 0 Å². The largest absolute Gasteiger partial charge is 0.467 e. The van der Waals surface area contributed by atoms with Crippen LogP contribution in [0.3, 0.4) is 0 Å². The van der Waals surface area contributed by atoms with Gasteiger partial charge in [-0.05, 0) is 42.8 Å². The number of rotatable bonds is 5. The van der Waals surface area contributed by atoms with Gasteiger partial charge >= 0.3 is 0 Å². The summed E-state index contributed by atoms with van der Waals surface area (Å²) in [4.78, 5) is 20.5. The Morgan fingerprint density at radius 1 is 1.25 bits per heavy atom. The number of hydrogen-bond acceptors (Lipinski definition) is 5. The Labute approximate surface area is 147 Å². The van der Waals surface area contributed by atoms with Crippen LogP contribution in [0.25, 0.3) is 0 Å². The second-order valence-corrected chi connectivity index (χ2v) is 5.99. The second-order valence-electron chi connectivity index (χ2n) is 5.14. The number of benzene rings is 1. The number of nitrogens with zero attached hydrogens (tertiary/aromatic N) is 2. The number of anilines is 2. The van der Waals surface area contributed by atoms with E-state index in [0.717, 1.165) is 15.8 Å². The first-order chi connectivity index (χ1) is 11.6. The molecule has 122 valence electrons. The van der Waals surface area contributed by atoms with Crippen molar-refractivity contribution in [2.24, 2.45) is 0 Å². The van der Waals surface area contributed by atoms with Crippen molar-refractivity contribution in [3.8, 4) is 0 Å². The number of aryl methyl sites for hydroxylation is 1. The van der Waals surface area contributed by atoms with E-state index >= 15 is 0 Å². The third-order valence-electron chi connectivity index (χ3n) is 3.32. The number of hydrogen-bond donors (Lipinski definition) is 2. The third kappa shape index (κ3) is 3.99. The van der Waals surface area contributed by atoms with Crippen LogP contribution in [0.15, 0.2) is 57.9 Å². The second kappa shape index (κ2) is 7.27. The topological polar surface area (TPSA) is 80.0 Å². The van der Waals surface area contributed by atoms with E-state index in [2.05, 4.69) is 36.5 Å². The molecule has 0 aliphatic carbocycles. The van der Waals surface area contributed by atoms with E-state index in [9.17, 15) is 4.79 Å². The predicted octanol–water partition coefficient (Wildman–Crippen LogP) is 4.00. The fourth-order valence-corrected chi connectivity index (χ4v) is 2.29. The molecule has 24 heavy (non-hydrogen) atoms. The smallest absolute Gasteiger partial charge is 0.275 e. The average Bonchev–Trinajstić information content (AvgIpc) is 3.10. The molecule has 1 amide bonds. The first-order valence-electron chi connectivity index (χ1n) is 7.27. The lowest BCUT2D eigenvalue weighted by Crippen LogP contribution is -2.14. The summed E-state index contributed by atoms with van der Waals surface area (Å²) in [5.74, 6) is 1.06. The molecule has 0 aliphatic heterocycles. The third-order valence-corrected chi connectivity index (χ3v) is 4.21. The van der Waals surface area contributed by atoms with Gasteiger partial charge in [0.05, 0.1) is 25.2 Å². The number of carbonyl (C=O) groups excluding carboxylic acids is 1. The summed E-state index contributed by atoms with van der Waals surface area (Å²) in [6.45, 7) is 2.46. The van der Waals surface area contributed by atoms with Crippen molar-refractivity contribution in [1.82, 2.24) is 9.97 Å². The van der Waals surface area contributed by atoms with E-state index in [4.69, 9.17) is 4.42 Å². The molecule has 3 rings (SSSR count). The zero-order valence-corrected chi connectivity index (χ0v) is 14.5. The summed E-state index contributed by atoms with van der Waals surface area (Å²) in [6, 6.07) is 9.27. The molecule has 0 atom stereocenters. The average molecular weight is 387 g/mol. The van der Waals surface area contributed by atoms with E-state index in [0.29, 0.717) is 18.1 Å². The Kier molecular flexibility index (Phi) is 4.90. The highest BCUT2D eigenvalue weighted by Gasteiger charge is 2.09. The van der Waals surface area contributed by atoms with E-state index in [1.807, 2.05) is 37.3 Å². The molecule has 0 bridgehead atoms. The normalized spacial score (nSPS) is 10.4. The maximum atomic E-state index is 12.2. The van der Waals surface area contributed by atoms with Gasteiger partial charge in [0, 0.05) is 10.2 Å². The molecule has 2 heterocycles. The molecule has 0 unspecified atom stereocenters. The molecule has 0 fully saturated rings. The molecule has 2 N–H and O–H groups in total. The molecule has 0 saturated heterocycles. The summed E-state index contributed by atoms with van der Waals surface area (Å²) in [5.41, 5.74) is 2.00. The summed E-state index contributed by atoms with van der Waals surface area (Å²) < 4.78 is 6.22. The van der Waals surface area contributed by atoms with Crippen LogP contribution in [-0.4, -0.2) is 15.9 Å².